The van der Waals surface area contributed by atoms with Crippen LogP contribution in [0, 0.1) is 17.2 Å². The number of nitrogens with one attached hydrogen (secondary N) is 1. The van der Waals surface area contributed by atoms with Crippen LogP contribution in [0.5, 0.6) is 5.75 Å². The summed E-state index contributed by atoms with van der Waals surface area (Å²) >= 11 is 0. The number of rotatable bonds is 7. The summed E-state index contributed by atoms with van der Waals surface area (Å²) in [6, 6.07) is 8.65. The fourth-order valence-corrected chi connectivity index (χ4v) is 1.93. The van der Waals surface area contributed by atoms with Gasteiger partial charge in [-0.2, -0.15) is 5.26 Å². The molecule has 0 aromatic heterocycles. The van der Waals surface area contributed by atoms with Crippen LogP contribution in [0.1, 0.15) is 44.2 Å². The highest BCUT2D eigenvalue weighted by molar-refractivity contribution is 5.38. The molecule has 0 heterocycles. The first kappa shape index (κ1) is 15.5. The maximum atomic E-state index is 8.91. The van der Waals surface area contributed by atoms with Gasteiger partial charge in [-0.1, -0.05) is 32.9 Å². The summed E-state index contributed by atoms with van der Waals surface area (Å²) in [5, 5.41) is 12.2. The van der Waals surface area contributed by atoms with E-state index < -0.39 is 0 Å². The molecule has 3 nitrogen and oxygen atoms in total. The minimum absolute atomic E-state index is 0.0842. The molecule has 0 fully saturated rings. The van der Waals surface area contributed by atoms with Gasteiger partial charge >= 0.3 is 0 Å². The van der Waals surface area contributed by atoms with Gasteiger partial charge in [0.2, 0.25) is 0 Å². The Morgan fingerprint density at radius 1 is 1.37 bits per heavy atom. The molecular formula is C16H24N2O. The van der Waals surface area contributed by atoms with Gasteiger partial charge < -0.3 is 10.1 Å². The molecule has 0 aliphatic rings. The van der Waals surface area contributed by atoms with Gasteiger partial charge in [0, 0.05) is 18.7 Å². The number of benzene rings is 1. The normalized spacial score (nSPS) is 12.2. The lowest BCUT2D eigenvalue weighted by molar-refractivity contribution is 0.406. The van der Waals surface area contributed by atoms with Gasteiger partial charge in [-0.05, 0) is 24.0 Å². The predicted octanol–water partition coefficient (Wildman–Crippen LogP) is 3.46. The topological polar surface area (TPSA) is 45.0 Å². The maximum Gasteiger partial charge on any atom is 0.123 e. The lowest BCUT2D eigenvalue weighted by Crippen LogP contribution is -2.21. The van der Waals surface area contributed by atoms with Crippen molar-refractivity contribution in [3.8, 4) is 11.8 Å². The van der Waals surface area contributed by atoms with Gasteiger partial charge in [-0.3, -0.25) is 0 Å². The number of methoxy groups -OCH3 is 1. The fourth-order valence-electron chi connectivity index (χ4n) is 1.93. The molecule has 1 aromatic carbocycles. The van der Waals surface area contributed by atoms with Gasteiger partial charge in [-0.15, -0.1) is 0 Å². The Labute approximate surface area is 116 Å². The van der Waals surface area contributed by atoms with Crippen LogP contribution in [0.2, 0.25) is 0 Å². The van der Waals surface area contributed by atoms with Crippen molar-refractivity contribution in [2.75, 3.05) is 13.7 Å². The maximum absolute atomic E-state index is 8.91. The average Bonchev–Trinajstić information content (AvgIpc) is 2.43. The summed E-state index contributed by atoms with van der Waals surface area (Å²) in [7, 11) is 1.70. The van der Waals surface area contributed by atoms with E-state index >= 15 is 0 Å². The van der Waals surface area contributed by atoms with Crippen molar-refractivity contribution in [1.29, 1.82) is 5.26 Å². The van der Waals surface area contributed by atoms with Crippen molar-refractivity contribution in [3.05, 3.63) is 29.3 Å². The number of ether oxygens (including phenoxy) is 1. The second-order valence-electron chi connectivity index (χ2n) is 5.09. The molecule has 0 aliphatic carbocycles. The fraction of sp³-hybridized carbons (Fsp3) is 0.562. The molecule has 0 radical (unpaired) electrons. The van der Waals surface area contributed by atoms with Crippen molar-refractivity contribution >= 4 is 0 Å². The van der Waals surface area contributed by atoms with E-state index in [9.17, 15) is 0 Å². The molecule has 0 saturated carbocycles. The third-order valence-corrected chi connectivity index (χ3v) is 3.36. The monoisotopic (exact) mass is 260 g/mol. The molecule has 0 amide bonds. The van der Waals surface area contributed by atoms with E-state index in [1.165, 1.54) is 5.56 Å². The Balaban J connectivity index is 2.66. The molecule has 0 spiro atoms. The summed E-state index contributed by atoms with van der Waals surface area (Å²) in [6.07, 6.45) is 0.882. The molecule has 1 rings (SSSR count). The van der Waals surface area contributed by atoms with E-state index in [2.05, 4.69) is 43.4 Å². The second kappa shape index (κ2) is 7.81. The highest BCUT2D eigenvalue weighted by atomic mass is 16.5. The third-order valence-electron chi connectivity index (χ3n) is 3.36. The van der Waals surface area contributed by atoms with Crippen LogP contribution < -0.4 is 10.1 Å². The number of nitrogens with zero attached hydrogens (tertiary/aromatic N) is 1. The highest BCUT2D eigenvalue weighted by Gasteiger charge is 2.08. The molecule has 1 unspecified atom stereocenters. The van der Waals surface area contributed by atoms with E-state index in [4.69, 9.17) is 10.00 Å². The summed E-state index contributed by atoms with van der Waals surface area (Å²) in [5.41, 5.74) is 2.42. The molecule has 1 N–H and O–H groups in total. The molecule has 0 saturated heterocycles. The summed E-state index contributed by atoms with van der Waals surface area (Å²) in [5.74, 6) is 1.50. The van der Waals surface area contributed by atoms with Crippen molar-refractivity contribution in [2.45, 2.75) is 39.7 Å². The lowest BCUT2D eigenvalue weighted by Gasteiger charge is -2.14. The summed E-state index contributed by atoms with van der Waals surface area (Å²) in [4.78, 5) is 0. The molecular weight excluding hydrogens is 236 g/mol. The van der Waals surface area contributed by atoms with Gasteiger partial charge in [-0.25, -0.2) is 0 Å². The van der Waals surface area contributed by atoms with Crippen molar-refractivity contribution < 1.29 is 4.74 Å². The van der Waals surface area contributed by atoms with Gasteiger partial charge in [0.05, 0.1) is 19.1 Å². The Hall–Kier alpha value is -1.53. The van der Waals surface area contributed by atoms with E-state index in [0.29, 0.717) is 5.92 Å². The highest BCUT2D eigenvalue weighted by Crippen LogP contribution is 2.24. The molecule has 1 aromatic rings. The Bertz CT molecular complexity index is 435. The van der Waals surface area contributed by atoms with Crippen LogP contribution in [0.15, 0.2) is 18.2 Å². The lowest BCUT2D eigenvalue weighted by atomic mass is 10.0. The second-order valence-corrected chi connectivity index (χ2v) is 5.09. The van der Waals surface area contributed by atoms with Crippen molar-refractivity contribution in [1.82, 2.24) is 5.32 Å². The predicted molar refractivity (Wildman–Crippen MR) is 78.2 cm³/mol. The molecule has 0 aliphatic heterocycles. The molecule has 1 atom stereocenters. The van der Waals surface area contributed by atoms with Gasteiger partial charge in [0.25, 0.3) is 0 Å². The van der Waals surface area contributed by atoms with Crippen molar-refractivity contribution in [3.63, 3.8) is 0 Å². The summed E-state index contributed by atoms with van der Waals surface area (Å²) < 4.78 is 5.44. The number of hydrogen-bond donors (Lipinski definition) is 1. The number of hydrogen-bond acceptors (Lipinski definition) is 3. The zero-order valence-corrected chi connectivity index (χ0v) is 12.4. The molecule has 104 valence electrons. The van der Waals surface area contributed by atoms with E-state index in [1.54, 1.807) is 7.11 Å². The minimum Gasteiger partial charge on any atom is -0.496 e. The number of nitriles is 1. The van der Waals surface area contributed by atoms with E-state index in [0.717, 1.165) is 30.8 Å². The largest absolute Gasteiger partial charge is 0.496 e. The molecule has 0 bridgehead atoms. The van der Waals surface area contributed by atoms with Crippen LogP contribution in [0.3, 0.4) is 0 Å². The van der Waals surface area contributed by atoms with E-state index in [-0.39, 0.29) is 5.92 Å². The van der Waals surface area contributed by atoms with Crippen LogP contribution >= 0.6 is 0 Å². The standard InChI is InChI=1S/C16H24N2O/c1-5-13(9-17)10-18-11-15-7-6-14(12(2)3)8-16(15)19-4/h6-8,12-13,18H,5,10-11H2,1-4H3. The van der Waals surface area contributed by atoms with Gasteiger partial charge in [0.15, 0.2) is 0 Å². The van der Waals surface area contributed by atoms with Crippen LogP contribution in [0.25, 0.3) is 0 Å². The van der Waals surface area contributed by atoms with Crippen LogP contribution in [-0.4, -0.2) is 13.7 Å². The van der Waals surface area contributed by atoms with Crippen molar-refractivity contribution in [2.24, 2.45) is 5.92 Å². The van der Waals surface area contributed by atoms with Gasteiger partial charge in [0.1, 0.15) is 5.75 Å². The zero-order chi connectivity index (χ0) is 14.3. The zero-order valence-electron chi connectivity index (χ0n) is 12.4. The Morgan fingerprint density at radius 3 is 2.63 bits per heavy atom. The Morgan fingerprint density at radius 2 is 2.11 bits per heavy atom. The first-order valence-corrected chi connectivity index (χ1v) is 6.89. The third kappa shape index (κ3) is 4.57. The smallest absolute Gasteiger partial charge is 0.123 e. The first-order chi connectivity index (χ1) is 9.12. The summed E-state index contributed by atoms with van der Waals surface area (Å²) in [6.45, 7) is 7.84. The first-order valence-electron chi connectivity index (χ1n) is 6.89. The molecule has 3 heteroatoms. The van der Waals surface area contributed by atoms with Crippen LogP contribution in [-0.2, 0) is 6.54 Å². The average molecular weight is 260 g/mol. The van der Waals surface area contributed by atoms with E-state index in [1.807, 2.05) is 6.92 Å². The minimum atomic E-state index is 0.0842. The SMILES string of the molecule is CCC(C#N)CNCc1ccc(C(C)C)cc1OC. The van der Waals surface area contributed by atoms with Crippen LogP contribution in [0.4, 0.5) is 0 Å². The molecule has 19 heavy (non-hydrogen) atoms. The quantitative estimate of drug-likeness (QED) is 0.816. The Kier molecular flexibility index (Phi) is 6.38.